The van der Waals surface area contributed by atoms with Gasteiger partial charge in [-0.15, -0.1) is 0 Å². The second-order valence-electron chi connectivity index (χ2n) is 6.92. The molecule has 2 aromatic carbocycles. The molecule has 0 radical (unpaired) electrons. The first kappa shape index (κ1) is 24.9. The van der Waals surface area contributed by atoms with Crippen LogP contribution in [-0.4, -0.2) is 47.5 Å². The molecule has 0 aliphatic heterocycles. The first-order valence-corrected chi connectivity index (χ1v) is 13.2. The van der Waals surface area contributed by atoms with Gasteiger partial charge in [0.2, 0.25) is 0 Å². The summed E-state index contributed by atoms with van der Waals surface area (Å²) < 4.78 is 73.2. The lowest BCUT2D eigenvalue weighted by Crippen LogP contribution is -2.14. The van der Waals surface area contributed by atoms with E-state index >= 15 is 0 Å². The number of nitrogens with zero attached hydrogens (tertiary/aromatic N) is 1. The summed E-state index contributed by atoms with van der Waals surface area (Å²) in [5.41, 5.74) is 1.18. The quantitative estimate of drug-likeness (QED) is 0.231. The number of hydrogen-bond acceptors (Lipinski definition) is 7. The van der Waals surface area contributed by atoms with Gasteiger partial charge in [-0.25, -0.2) is 8.42 Å². The molecule has 0 spiro atoms. The third-order valence-electron chi connectivity index (χ3n) is 4.60. The van der Waals surface area contributed by atoms with Crippen LogP contribution in [0.2, 0.25) is 0 Å². The highest BCUT2D eigenvalue weighted by Gasteiger charge is 2.28. The number of benzene rings is 2. The van der Waals surface area contributed by atoms with Crippen molar-refractivity contribution in [3.05, 3.63) is 53.7 Å². The lowest BCUT2D eigenvalue weighted by Gasteiger charge is -2.09. The average molecular weight is 517 g/mol. The van der Waals surface area contributed by atoms with Crippen LogP contribution in [-0.2, 0) is 49.4 Å². The molecule has 0 amide bonds. The summed E-state index contributed by atoms with van der Waals surface area (Å²) in [7, 11) is -4.47. The van der Waals surface area contributed by atoms with Crippen LogP contribution in [0.25, 0.3) is 10.9 Å². The van der Waals surface area contributed by atoms with Crippen LogP contribution in [0.3, 0.4) is 0 Å². The minimum Gasteiger partial charge on any atom is -0.480 e. The van der Waals surface area contributed by atoms with E-state index in [1.54, 1.807) is 6.07 Å². The van der Waals surface area contributed by atoms with E-state index in [0.717, 1.165) is 0 Å². The SMILES string of the molecule is Cc1c(S(=O)(=O)Oc2cccc(CS(=O)O)c2)c2cc(NCS(=O)O)ccc2n1CC(=O)O. The Bertz CT molecular complexity index is 1370. The summed E-state index contributed by atoms with van der Waals surface area (Å²) in [5.74, 6) is -1.77. The normalized spacial score (nSPS) is 13.5. The van der Waals surface area contributed by atoms with E-state index in [9.17, 15) is 26.7 Å². The first-order valence-electron chi connectivity index (χ1n) is 9.25. The van der Waals surface area contributed by atoms with Crippen molar-refractivity contribution in [3.63, 3.8) is 0 Å². The number of carboxylic acid groups (broad SMARTS) is 1. The van der Waals surface area contributed by atoms with Gasteiger partial charge in [-0.3, -0.25) is 4.79 Å². The number of rotatable bonds is 10. The fourth-order valence-electron chi connectivity index (χ4n) is 3.36. The second kappa shape index (κ2) is 10.0. The number of aliphatic carboxylic acids is 1. The van der Waals surface area contributed by atoms with Gasteiger partial charge >= 0.3 is 16.1 Å². The fraction of sp³-hybridized carbons (Fsp3) is 0.211. The van der Waals surface area contributed by atoms with Gasteiger partial charge in [0.25, 0.3) is 0 Å². The molecular formula is C19H20N2O9S3. The maximum Gasteiger partial charge on any atom is 0.341 e. The average Bonchev–Trinajstić information content (AvgIpc) is 2.97. The molecule has 0 fully saturated rings. The monoisotopic (exact) mass is 516 g/mol. The Morgan fingerprint density at radius 2 is 1.85 bits per heavy atom. The van der Waals surface area contributed by atoms with Crippen LogP contribution in [0.4, 0.5) is 5.69 Å². The number of fused-ring (bicyclic) bond motifs is 1. The summed E-state index contributed by atoms with van der Waals surface area (Å²) in [5, 5.41) is 12.1. The molecule has 0 bridgehead atoms. The van der Waals surface area contributed by atoms with E-state index in [1.165, 1.54) is 47.9 Å². The van der Waals surface area contributed by atoms with Crippen molar-refractivity contribution in [1.82, 2.24) is 4.57 Å². The van der Waals surface area contributed by atoms with Gasteiger partial charge in [-0.1, -0.05) is 12.1 Å². The summed E-state index contributed by atoms with van der Waals surface area (Å²) in [6.07, 6.45) is 0. The molecule has 3 rings (SSSR count). The van der Waals surface area contributed by atoms with Crippen molar-refractivity contribution in [2.75, 3.05) is 11.2 Å². The highest BCUT2D eigenvalue weighted by atomic mass is 32.2. The first-order chi connectivity index (χ1) is 15.5. The Kier molecular flexibility index (Phi) is 7.54. The van der Waals surface area contributed by atoms with Crippen molar-refractivity contribution in [2.24, 2.45) is 0 Å². The largest absolute Gasteiger partial charge is 0.480 e. The van der Waals surface area contributed by atoms with Crippen molar-refractivity contribution in [2.45, 2.75) is 24.1 Å². The van der Waals surface area contributed by atoms with Gasteiger partial charge in [-0.05, 0) is 42.8 Å². The summed E-state index contributed by atoms with van der Waals surface area (Å²) in [6, 6.07) is 10.2. The van der Waals surface area contributed by atoms with Crippen LogP contribution in [0.1, 0.15) is 11.3 Å². The molecule has 178 valence electrons. The lowest BCUT2D eigenvalue weighted by molar-refractivity contribution is -0.137. The molecule has 3 aromatic rings. The van der Waals surface area contributed by atoms with E-state index in [2.05, 4.69) is 5.32 Å². The van der Waals surface area contributed by atoms with Gasteiger partial charge in [0.05, 0.1) is 11.3 Å². The van der Waals surface area contributed by atoms with E-state index in [1.807, 2.05) is 0 Å². The zero-order chi connectivity index (χ0) is 24.3. The smallest absolute Gasteiger partial charge is 0.341 e. The maximum absolute atomic E-state index is 13.2. The second-order valence-corrected chi connectivity index (χ2v) is 10.3. The number of carbonyl (C=O) groups is 1. The van der Waals surface area contributed by atoms with Gasteiger partial charge in [0, 0.05) is 16.8 Å². The molecule has 33 heavy (non-hydrogen) atoms. The van der Waals surface area contributed by atoms with Crippen LogP contribution in [0.5, 0.6) is 5.75 Å². The van der Waals surface area contributed by atoms with E-state index < -0.39 is 44.8 Å². The number of carboxylic acids is 1. The molecule has 4 N–H and O–H groups in total. The Morgan fingerprint density at radius 1 is 1.12 bits per heavy atom. The number of anilines is 1. The number of hydrogen-bond donors (Lipinski definition) is 4. The molecule has 2 unspecified atom stereocenters. The van der Waals surface area contributed by atoms with Crippen molar-refractivity contribution in [1.29, 1.82) is 0 Å². The number of aromatic nitrogens is 1. The molecule has 0 saturated heterocycles. The van der Waals surface area contributed by atoms with Crippen LogP contribution in [0, 0.1) is 6.92 Å². The maximum atomic E-state index is 13.2. The van der Waals surface area contributed by atoms with Gasteiger partial charge in [0.1, 0.15) is 23.1 Å². The zero-order valence-corrected chi connectivity index (χ0v) is 19.6. The van der Waals surface area contributed by atoms with Crippen LogP contribution in [0.15, 0.2) is 47.4 Å². The minimum absolute atomic E-state index is 0.0820. The van der Waals surface area contributed by atoms with Gasteiger partial charge in [0.15, 0.2) is 22.2 Å². The third kappa shape index (κ3) is 5.97. The van der Waals surface area contributed by atoms with E-state index in [-0.39, 0.29) is 33.4 Å². The molecular weight excluding hydrogens is 496 g/mol. The fourth-order valence-corrected chi connectivity index (χ4v) is 5.46. The van der Waals surface area contributed by atoms with Crippen LogP contribution >= 0.6 is 0 Å². The highest BCUT2D eigenvalue weighted by Crippen LogP contribution is 2.34. The zero-order valence-electron chi connectivity index (χ0n) is 17.1. The van der Waals surface area contributed by atoms with Crippen molar-refractivity contribution in [3.8, 4) is 5.75 Å². The van der Waals surface area contributed by atoms with E-state index in [0.29, 0.717) is 16.8 Å². The lowest BCUT2D eigenvalue weighted by atomic mass is 10.2. The third-order valence-corrected chi connectivity index (χ3v) is 7.00. The molecule has 0 aliphatic rings. The predicted octanol–water partition coefficient (Wildman–Crippen LogP) is 2.11. The molecule has 2 atom stereocenters. The summed E-state index contributed by atoms with van der Waals surface area (Å²) in [4.78, 5) is 11.1. The highest BCUT2D eigenvalue weighted by molar-refractivity contribution is 7.87. The predicted molar refractivity (Wildman–Crippen MR) is 122 cm³/mol. The Balaban J connectivity index is 2.11. The molecule has 11 nitrogen and oxygen atoms in total. The Hall–Kier alpha value is -2.78. The van der Waals surface area contributed by atoms with Gasteiger partial charge < -0.3 is 28.3 Å². The summed E-state index contributed by atoms with van der Waals surface area (Å²) in [6.45, 7) is 0.948. The standard InChI is InChI=1S/C19H20N2O9S3/c1-12-19(33(28,29)30-15-4-2-3-13(7-15)10-31(24)25)16-8-14(20-11-32(26)27)5-6-17(16)21(12)9-18(22)23/h2-8,20H,9-11H2,1H3,(H,22,23)(H,24,25)(H,26,27). The van der Waals surface area contributed by atoms with Gasteiger partial charge in [-0.2, -0.15) is 8.42 Å². The van der Waals surface area contributed by atoms with Crippen molar-refractivity contribution < 1.29 is 40.0 Å². The Morgan fingerprint density at radius 3 is 2.48 bits per heavy atom. The molecule has 0 saturated carbocycles. The summed E-state index contributed by atoms with van der Waals surface area (Å²) >= 11 is -4.27. The van der Waals surface area contributed by atoms with Crippen molar-refractivity contribution >= 4 is 54.8 Å². The van der Waals surface area contributed by atoms with Crippen LogP contribution < -0.4 is 9.50 Å². The Labute approximate surface area is 194 Å². The molecule has 1 heterocycles. The topological polar surface area (TPSA) is 172 Å². The minimum atomic E-state index is -4.47. The molecule has 1 aromatic heterocycles. The molecule has 14 heteroatoms. The number of nitrogens with one attached hydrogen (secondary N) is 1. The van der Waals surface area contributed by atoms with E-state index in [4.69, 9.17) is 13.3 Å². The molecule has 0 aliphatic carbocycles.